The van der Waals surface area contributed by atoms with Crippen LogP contribution in [0.3, 0.4) is 0 Å². The summed E-state index contributed by atoms with van der Waals surface area (Å²) < 4.78 is 13.0. The van der Waals surface area contributed by atoms with Crippen molar-refractivity contribution in [3.05, 3.63) is 60.2 Å². The lowest BCUT2D eigenvalue weighted by Gasteiger charge is -2.35. The zero-order chi connectivity index (χ0) is 15.2. The van der Waals surface area contributed by atoms with E-state index in [0.29, 0.717) is 6.42 Å². The Bertz CT molecular complexity index is 562. The summed E-state index contributed by atoms with van der Waals surface area (Å²) in [5, 5.41) is 3.36. The van der Waals surface area contributed by atoms with E-state index in [4.69, 9.17) is 0 Å². The number of rotatable bonds is 5. The molecule has 1 N–H and O–H groups in total. The van der Waals surface area contributed by atoms with Gasteiger partial charge in [0.05, 0.1) is 6.67 Å². The first-order valence-electron chi connectivity index (χ1n) is 8.04. The second-order valence-electron chi connectivity index (χ2n) is 5.77. The van der Waals surface area contributed by atoms with Crippen molar-refractivity contribution < 1.29 is 4.39 Å². The van der Waals surface area contributed by atoms with E-state index >= 15 is 0 Å². The molecule has 2 nitrogen and oxygen atoms in total. The topological polar surface area (TPSA) is 15.3 Å². The number of alkyl halides is 1. The number of benzene rings is 2. The second kappa shape index (κ2) is 7.52. The molecule has 0 saturated carbocycles. The molecule has 0 bridgehead atoms. The molecular formula is C19H23FN2. The van der Waals surface area contributed by atoms with E-state index in [1.807, 2.05) is 6.07 Å². The number of halogens is 1. The molecule has 116 valence electrons. The van der Waals surface area contributed by atoms with Crippen molar-refractivity contribution in [2.24, 2.45) is 0 Å². The summed E-state index contributed by atoms with van der Waals surface area (Å²) in [6, 6.07) is 19.2. The van der Waals surface area contributed by atoms with E-state index < -0.39 is 0 Å². The summed E-state index contributed by atoms with van der Waals surface area (Å²) in [4.78, 5) is 2.40. The molecule has 0 aliphatic carbocycles. The van der Waals surface area contributed by atoms with Crippen LogP contribution in [0.1, 0.15) is 18.0 Å². The number of hydrogen-bond donors (Lipinski definition) is 1. The Morgan fingerprint density at radius 1 is 0.909 bits per heavy atom. The number of piperazine rings is 1. The maximum Gasteiger partial charge on any atom is 0.0912 e. The van der Waals surface area contributed by atoms with Crippen LogP contribution in [0, 0.1) is 0 Å². The Morgan fingerprint density at radius 3 is 2.18 bits per heavy atom. The van der Waals surface area contributed by atoms with Gasteiger partial charge in [0, 0.05) is 32.2 Å². The van der Waals surface area contributed by atoms with Crippen molar-refractivity contribution in [2.75, 3.05) is 32.9 Å². The Labute approximate surface area is 132 Å². The molecular weight excluding hydrogens is 275 g/mol. The molecule has 1 aliphatic heterocycles. The molecule has 1 aliphatic rings. The molecule has 2 aromatic carbocycles. The number of nitrogens with one attached hydrogen (secondary N) is 1. The average molecular weight is 298 g/mol. The average Bonchev–Trinajstić information content (AvgIpc) is 2.61. The van der Waals surface area contributed by atoms with Crippen LogP contribution in [-0.4, -0.2) is 37.8 Å². The summed E-state index contributed by atoms with van der Waals surface area (Å²) >= 11 is 0. The summed E-state index contributed by atoms with van der Waals surface area (Å²) in [6.45, 7) is 3.70. The third-order valence-corrected chi connectivity index (χ3v) is 4.38. The van der Waals surface area contributed by atoms with Gasteiger partial charge in [-0.05, 0) is 23.1 Å². The van der Waals surface area contributed by atoms with Crippen LogP contribution in [0.25, 0.3) is 11.1 Å². The quantitative estimate of drug-likeness (QED) is 0.906. The highest BCUT2D eigenvalue weighted by molar-refractivity contribution is 5.63. The van der Waals surface area contributed by atoms with Gasteiger partial charge >= 0.3 is 0 Å². The summed E-state index contributed by atoms with van der Waals surface area (Å²) in [5.74, 6) is 0. The van der Waals surface area contributed by atoms with Crippen LogP contribution in [0.5, 0.6) is 0 Å². The van der Waals surface area contributed by atoms with Crippen molar-refractivity contribution in [3.63, 3.8) is 0 Å². The molecule has 3 rings (SSSR count). The molecule has 0 amide bonds. The molecule has 1 saturated heterocycles. The maximum atomic E-state index is 13.0. The van der Waals surface area contributed by atoms with Gasteiger partial charge in [-0.2, -0.15) is 0 Å². The van der Waals surface area contributed by atoms with Crippen LogP contribution in [0.4, 0.5) is 4.39 Å². The largest absolute Gasteiger partial charge is 0.314 e. The third-order valence-electron chi connectivity index (χ3n) is 4.38. The molecule has 0 unspecified atom stereocenters. The van der Waals surface area contributed by atoms with Crippen LogP contribution >= 0.6 is 0 Å². The van der Waals surface area contributed by atoms with Gasteiger partial charge in [-0.1, -0.05) is 54.6 Å². The molecule has 22 heavy (non-hydrogen) atoms. The lowest BCUT2D eigenvalue weighted by Crippen LogP contribution is -2.45. The van der Waals surface area contributed by atoms with Gasteiger partial charge in [-0.15, -0.1) is 0 Å². The third kappa shape index (κ3) is 3.54. The van der Waals surface area contributed by atoms with E-state index in [2.05, 4.69) is 58.7 Å². The highest BCUT2D eigenvalue weighted by atomic mass is 19.1. The molecule has 0 radical (unpaired) electrons. The van der Waals surface area contributed by atoms with Crippen molar-refractivity contribution in [2.45, 2.75) is 12.5 Å². The first-order valence-corrected chi connectivity index (χ1v) is 8.04. The van der Waals surface area contributed by atoms with Gasteiger partial charge in [0.2, 0.25) is 0 Å². The number of hydrogen-bond acceptors (Lipinski definition) is 2. The molecule has 2 aromatic rings. The minimum atomic E-state index is -0.269. The molecule has 3 heteroatoms. The molecule has 1 fully saturated rings. The zero-order valence-electron chi connectivity index (χ0n) is 12.8. The van der Waals surface area contributed by atoms with Crippen LogP contribution in [0.2, 0.25) is 0 Å². The SMILES string of the molecule is FCC[C@H](c1ccc(-c2ccccc2)cc1)N1CCNCC1. The van der Waals surface area contributed by atoms with E-state index in [1.54, 1.807) is 0 Å². The fourth-order valence-corrected chi connectivity index (χ4v) is 3.19. The number of nitrogens with zero attached hydrogens (tertiary/aromatic N) is 1. The Hall–Kier alpha value is -1.71. The van der Waals surface area contributed by atoms with Crippen molar-refractivity contribution in [1.82, 2.24) is 10.2 Å². The van der Waals surface area contributed by atoms with Crippen LogP contribution in [-0.2, 0) is 0 Å². The van der Waals surface area contributed by atoms with Crippen LogP contribution in [0.15, 0.2) is 54.6 Å². The Balaban J connectivity index is 1.79. The molecule has 0 spiro atoms. The fraction of sp³-hybridized carbons (Fsp3) is 0.368. The molecule has 1 atom stereocenters. The van der Waals surface area contributed by atoms with Gasteiger partial charge in [-0.25, -0.2) is 0 Å². The van der Waals surface area contributed by atoms with E-state index in [1.165, 1.54) is 16.7 Å². The van der Waals surface area contributed by atoms with Crippen molar-refractivity contribution in [1.29, 1.82) is 0 Å². The van der Waals surface area contributed by atoms with Gasteiger partial charge in [0.25, 0.3) is 0 Å². The second-order valence-corrected chi connectivity index (χ2v) is 5.77. The first-order chi connectivity index (χ1) is 10.9. The van der Waals surface area contributed by atoms with Gasteiger partial charge < -0.3 is 5.32 Å². The van der Waals surface area contributed by atoms with E-state index in [-0.39, 0.29) is 12.7 Å². The normalized spacial score (nSPS) is 17.3. The minimum absolute atomic E-state index is 0.192. The first kappa shape index (κ1) is 15.2. The maximum absolute atomic E-state index is 13.0. The van der Waals surface area contributed by atoms with Crippen molar-refractivity contribution >= 4 is 0 Å². The fourth-order valence-electron chi connectivity index (χ4n) is 3.19. The standard InChI is InChI=1S/C19H23FN2/c20-11-10-19(22-14-12-21-13-15-22)18-8-6-17(7-9-18)16-4-2-1-3-5-16/h1-9,19,21H,10-15H2/t19-/m1/s1. The van der Waals surface area contributed by atoms with E-state index in [9.17, 15) is 4.39 Å². The Kier molecular flexibility index (Phi) is 5.20. The van der Waals surface area contributed by atoms with E-state index in [0.717, 1.165) is 26.2 Å². The Morgan fingerprint density at radius 2 is 1.55 bits per heavy atom. The lowest BCUT2D eigenvalue weighted by atomic mass is 9.98. The monoisotopic (exact) mass is 298 g/mol. The highest BCUT2D eigenvalue weighted by Gasteiger charge is 2.21. The predicted octanol–water partition coefficient (Wildman–Crippen LogP) is 3.66. The van der Waals surface area contributed by atoms with Gasteiger partial charge in [0.15, 0.2) is 0 Å². The van der Waals surface area contributed by atoms with Gasteiger partial charge in [0.1, 0.15) is 0 Å². The molecule has 0 aromatic heterocycles. The van der Waals surface area contributed by atoms with Crippen LogP contribution < -0.4 is 5.32 Å². The van der Waals surface area contributed by atoms with Gasteiger partial charge in [-0.3, -0.25) is 9.29 Å². The summed E-state index contributed by atoms with van der Waals surface area (Å²) in [6.07, 6.45) is 0.574. The minimum Gasteiger partial charge on any atom is -0.314 e. The smallest absolute Gasteiger partial charge is 0.0912 e. The zero-order valence-corrected chi connectivity index (χ0v) is 12.8. The highest BCUT2D eigenvalue weighted by Crippen LogP contribution is 2.27. The summed E-state index contributed by atoms with van der Waals surface area (Å²) in [7, 11) is 0. The van der Waals surface area contributed by atoms with Crippen molar-refractivity contribution in [3.8, 4) is 11.1 Å². The lowest BCUT2D eigenvalue weighted by molar-refractivity contribution is 0.157. The summed E-state index contributed by atoms with van der Waals surface area (Å²) in [5.41, 5.74) is 3.65. The molecule has 1 heterocycles. The predicted molar refractivity (Wildman–Crippen MR) is 89.7 cm³/mol.